The third-order valence-electron chi connectivity index (χ3n) is 4.78. The number of nitrogens with zero attached hydrogens (tertiary/aromatic N) is 3. The van der Waals surface area contributed by atoms with Crippen LogP contribution in [0.15, 0.2) is 36.7 Å². The van der Waals surface area contributed by atoms with Crippen molar-refractivity contribution < 1.29 is 4.79 Å². The molecule has 2 heterocycles. The van der Waals surface area contributed by atoms with E-state index in [-0.39, 0.29) is 11.2 Å². The number of hydrogen-bond acceptors (Lipinski definition) is 3. The maximum absolute atomic E-state index is 12.7. The lowest BCUT2D eigenvalue weighted by Gasteiger charge is -2.19. The lowest BCUT2D eigenvalue weighted by atomic mass is 9.85. The SMILES string of the molecule is CC(C)(C)c1ccc2c(c1)c1c(n2-c2ncccn2)CCCC1=O. The molecule has 2 aromatic heterocycles. The average Bonchev–Trinajstić information content (AvgIpc) is 2.89. The fourth-order valence-electron chi connectivity index (χ4n) is 3.53. The Morgan fingerprint density at radius 2 is 1.83 bits per heavy atom. The summed E-state index contributed by atoms with van der Waals surface area (Å²) in [6.07, 6.45) is 5.89. The normalized spacial score (nSPS) is 14.9. The molecule has 3 aromatic rings. The molecule has 4 rings (SSSR count). The summed E-state index contributed by atoms with van der Waals surface area (Å²) in [5.74, 6) is 0.879. The predicted octanol–water partition coefficient (Wildman–Crippen LogP) is 4.24. The van der Waals surface area contributed by atoms with E-state index in [4.69, 9.17) is 0 Å². The van der Waals surface area contributed by atoms with Crippen LogP contribution in [0.5, 0.6) is 0 Å². The van der Waals surface area contributed by atoms with Gasteiger partial charge in [-0.3, -0.25) is 9.36 Å². The van der Waals surface area contributed by atoms with Crippen LogP contribution in [0.25, 0.3) is 16.9 Å². The molecule has 1 aliphatic rings. The Labute approximate surface area is 141 Å². The zero-order chi connectivity index (χ0) is 16.9. The minimum Gasteiger partial charge on any atom is -0.294 e. The van der Waals surface area contributed by atoms with Gasteiger partial charge in [0.1, 0.15) is 0 Å². The highest BCUT2D eigenvalue weighted by Crippen LogP contribution is 2.36. The van der Waals surface area contributed by atoms with Gasteiger partial charge >= 0.3 is 0 Å². The first-order valence-corrected chi connectivity index (χ1v) is 8.45. The summed E-state index contributed by atoms with van der Waals surface area (Å²) >= 11 is 0. The lowest BCUT2D eigenvalue weighted by Crippen LogP contribution is -2.13. The Balaban J connectivity index is 2.08. The second-order valence-electron chi connectivity index (χ2n) is 7.46. The number of hydrogen-bond donors (Lipinski definition) is 0. The van der Waals surface area contributed by atoms with Gasteiger partial charge in [0.25, 0.3) is 0 Å². The molecule has 4 nitrogen and oxygen atoms in total. The van der Waals surface area contributed by atoms with Gasteiger partial charge in [0.15, 0.2) is 5.78 Å². The van der Waals surface area contributed by atoms with Crippen molar-refractivity contribution in [1.82, 2.24) is 14.5 Å². The standard InChI is InChI=1S/C20H21N3O/c1-20(2,3)13-8-9-15-14(12-13)18-16(6-4-7-17(18)24)23(15)19-21-10-5-11-22-19/h5,8-12H,4,6-7H2,1-3H3. The number of aromatic nitrogens is 3. The van der Waals surface area contributed by atoms with Gasteiger partial charge in [0.05, 0.1) is 5.52 Å². The van der Waals surface area contributed by atoms with Crippen LogP contribution >= 0.6 is 0 Å². The van der Waals surface area contributed by atoms with Crippen molar-refractivity contribution in [3.05, 3.63) is 53.5 Å². The molecule has 0 amide bonds. The van der Waals surface area contributed by atoms with Crippen molar-refractivity contribution in [2.75, 3.05) is 0 Å². The average molecular weight is 319 g/mol. The Morgan fingerprint density at radius 3 is 2.54 bits per heavy atom. The number of carbonyl (C=O) groups is 1. The molecule has 0 radical (unpaired) electrons. The Morgan fingerprint density at radius 1 is 1.08 bits per heavy atom. The molecule has 24 heavy (non-hydrogen) atoms. The number of benzene rings is 1. The van der Waals surface area contributed by atoms with E-state index in [1.54, 1.807) is 12.4 Å². The number of Topliss-reactive ketones (excluding diaryl/α,β-unsaturated/α-hetero) is 1. The van der Waals surface area contributed by atoms with Crippen molar-refractivity contribution in [3.8, 4) is 5.95 Å². The minimum atomic E-state index is 0.0458. The molecule has 0 N–H and O–H groups in total. The number of carbonyl (C=O) groups excluding carboxylic acids is 1. The third kappa shape index (κ3) is 2.25. The zero-order valence-corrected chi connectivity index (χ0v) is 14.3. The first-order valence-electron chi connectivity index (χ1n) is 8.45. The van der Waals surface area contributed by atoms with Gasteiger partial charge in [-0.25, -0.2) is 9.97 Å². The van der Waals surface area contributed by atoms with Gasteiger partial charge in [-0.15, -0.1) is 0 Å². The van der Waals surface area contributed by atoms with Gasteiger partial charge in [0.2, 0.25) is 5.95 Å². The topological polar surface area (TPSA) is 47.8 Å². The van der Waals surface area contributed by atoms with E-state index < -0.39 is 0 Å². The van der Waals surface area contributed by atoms with Crippen molar-refractivity contribution >= 4 is 16.7 Å². The van der Waals surface area contributed by atoms with Crippen molar-refractivity contribution in [2.45, 2.75) is 45.4 Å². The van der Waals surface area contributed by atoms with E-state index in [1.807, 2.05) is 6.07 Å². The first kappa shape index (κ1) is 15.1. The third-order valence-corrected chi connectivity index (χ3v) is 4.78. The van der Waals surface area contributed by atoms with Crippen LogP contribution in [0.1, 0.15) is 55.2 Å². The maximum atomic E-state index is 12.7. The van der Waals surface area contributed by atoms with Crippen LogP contribution in [0.2, 0.25) is 0 Å². The molecule has 1 aromatic carbocycles. The Kier molecular flexibility index (Phi) is 3.30. The molecular weight excluding hydrogens is 298 g/mol. The summed E-state index contributed by atoms with van der Waals surface area (Å²) in [4.78, 5) is 21.5. The molecule has 1 aliphatic carbocycles. The van der Waals surface area contributed by atoms with E-state index in [2.05, 4.69) is 53.5 Å². The van der Waals surface area contributed by atoms with Crippen LogP contribution < -0.4 is 0 Å². The molecule has 0 spiro atoms. The zero-order valence-electron chi connectivity index (χ0n) is 14.3. The highest BCUT2D eigenvalue weighted by molar-refractivity contribution is 6.10. The lowest BCUT2D eigenvalue weighted by molar-refractivity contribution is 0.0973. The summed E-state index contributed by atoms with van der Waals surface area (Å²) in [6, 6.07) is 8.25. The highest BCUT2D eigenvalue weighted by Gasteiger charge is 2.28. The molecule has 0 unspecified atom stereocenters. The smallest absolute Gasteiger partial charge is 0.234 e. The summed E-state index contributed by atoms with van der Waals surface area (Å²) in [7, 11) is 0. The fourth-order valence-corrected chi connectivity index (χ4v) is 3.53. The van der Waals surface area contributed by atoms with Gasteiger partial charge in [-0.2, -0.15) is 0 Å². The van der Waals surface area contributed by atoms with Gasteiger partial charge in [-0.05, 0) is 42.0 Å². The molecule has 0 fully saturated rings. The molecule has 0 aliphatic heterocycles. The van der Waals surface area contributed by atoms with Crippen molar-refractivity contribution in [1.29, 1.82) is 0 Å². The fraction of sp³-hybridized carbons (Fsp3) is 0.350. The van der Waals surface area contributed by atoms with Crippen LogP contribution in [-0.4, -0.2) is 20.3 Å². The van der Waals surface area contributed by atoms with Crippen molar-refractivity contribution in [2.24, 2.45) is 0 Å². The van der Waals surface area contributed by atoms with Gasteiger partial charge < -0.3 is 0 Å². The summed E-state index contributed by atoms with van der Waals surface area (Å²) in [5, 5.41) is 1.04. The number of ketones is 1. The minimum absolute atomic E-state index is 0.0458. The molecule has 0 saturated heterocycles. The molecular formula is C20H21N3O. The number of rotatable bonds is 1. The molecule has 0 atom stereocenters. The van der Waals surface area contributed by atoms with Crippen LogP contribution in [0, 0.1) is 0 Å². The van der Waals surface area contributed by atoms with Crippen LogP contribution in [0.3, 0.4) is 0 Å². The van der Waals surface area contributed by atoms with E-state index in [9.17, 15) is 4.79 Å². The Bertz CT molecular complexity index is 933. The van der Waals surface area contributed by atoms with E-state index in [0.29, 0.717) is 12.4 Å². The van der Waals surface area contributed by atoms with Gasteiger partial charge in [-0.1, -0.05) is 26.8 Å². The summed E-state index contributed by atoms with van der Waals surface area (Å²) in [5.41, 5.74) is 4.23. The first-order chi connectivity index (χ1) is 11.5. The van der Waals surface area contributed by atoms with Crippen LogP contribution in [-0.2, 0) is 11.8 Å². The van der Waals surface area contributed by atoms with E-state index in [0.717, 1.165) is 35.0 Å². The maximum Gasteiger partial charge on any atom is 0.234 e. The monoisotopic (exact) mass is 319 g/mol. The van der Waals surface area contributed by atoms with Crippen molar-refractivity contribution in [3.63, 3.8) is 0 Å². The predicted molar refractivity (Wildman–Crippen MR) is 94.8 cm³/mol. The van der Waals surface area contributed by atoms with Gasteiger partial charge in [0, 0.05) is 35.5 Å². The van der Waals surface area contributed by atoms with E-state index >= 15 is 0 Å². The van der Waals surface area contributed by atoms with Crippen LogP contribution in [0.4, 0.5) is 0 Å². The quantitative estimate of drug-likeness (QED) is 0.674. The summed E-state index contributed by atoms with van der Waals surface area (Å²) < 4.78 is 2.06. The molecule has 0 bridgehead atoms. The Hall–Kier alpha value is -2.49. The molecule has 4 heteroatoms. The summed E-state index contributed by atoms with van der Waals surface area (Å²) in [6.45, 7) is 6.58. The molecule has 122 valence electrons. The molecule has 0 saturated carbocycles. The second-order valence-corrected chi connectivity index (χ2v) is 7.46. The van der Waals surface area contributed by atoms with E-state index in [1.165, 1.54) is 5.56 Å². The highest BCUT2D eigenvalue weighted by atomic mass is 16.1. The second kappa shape index (κ2) is 5.26. The number of fused-ring (bicyclic) bond motifs is 3. The largest absolute Gasteiger partial charge is 0.294 e.